The van der Waals surface area contributed by atoms with Gasteiger partial charge in [-0.1, -0.05) is 0 Å². The molecule has 1 heterocycles. The molecule has 0 atom stereocenters. The van der Waals surface area contributed by atoms with Crippen molar-refractivity contribution in [3.05, 3.63) is 18.0 Å². The highest BCUT2D eigenvalue weighted by atomic mass is 32.2. The summed E-state index contributed by atoms with van der Waals surface area (Å²) >= 11 is 0. The predicted molar refractivity (Wildman–Crippen MR) is 74.7 cm³/mol. The van der Waals surface area contributed by atoms with Crippen LogP contribution >= 0.6 is 0 Å². The summed E-state index contributed by atoms with van der Waals surface area (Å²) in [5.74, 6) is 0.128. The summed E-state index contributed by atoms with van der Waals surface area (Å²) in [6, 6.07) is 0. The van der Waals surface area contributed by atoms with E-state index >= 15 is 0 Å². The number of hydrogen-bond donors (Lipinski definition) is 1. The number of nitrogens with one attached hydrogen (secondary N) is 1. The minimum absolute atomic E-state index is 0.128. The quantitative estimate of drug-likeness (QED) is 0.668. The average molecular weight is 289 g/mol. The van der Waals surface area contributed by atoms with Gasteiger partial charge < -0.3 is 10.1 Å². The van der Waals surface area contributed by atoms with Crippen molar-refractivity contribution in [1.82, 2.24) is 15.1 Å². The summed E-state index contributed by atoms with van der Waals surface area (Å²) in [6.07, 6.45) is 3.62. The van der Waals surface area contributed by atoms with Crippen LogP contribution in [0.4, 0.5) is 0 Å². The van der Waals surface area contributed by atoms with Crippen molar-refractivity contribution in [2.24, 2.45) is 0 Å². The predicted octanol–water partition coefficient (Wildman–Crippen LogP) is 0.442. The second kappa shape index (κ2) is 7.62. The van der Waals surface area contributed by atoms with Gasteiger partial charge in [0.15, 0.2) is 9.84 Å². The molecule has 0 aromatic carbocycles. The van der Waals surface area contributed by atoms with Crippen LogP contribution in [0.5, 0.6) is 0 Å². The first-order valence-corrected chi connectivity index (χ1v) is 8.10. The molecule has 0 amide bonds. The number of hydrogen-bond acceptors (Lipinski definition) is 5. The third-order valence-electron chi connectivity index (χ3n) is 2.82. The average Bonchev–Trinajstić information content (AvgIpc) is 2.80. The van der Waals surface area contributed by atoms with Crippen molar-refractivity contribution >= 4 is 9.84 Å². The lowest BCUT2D eigenvalue weighted by Crippen LogP contribution is -2.21. The zero-order valence-corrected chi connectivity index (χ0v) is 12.6. The molecule has 0 radical (unpaired) electrons. The monoisotopic (exact) mass is 289 g/mol. The van der Waals surface area contributed by atoms with E-state index < -0.39 is 9.84 Å². The molecule has 0 saturated carbocycles. The maximum absolute atomic E-state index is 11.7. The van der Waals surface area contributed by atoms with E-state index in [-0.39, 0.29) is 11.0 Å². The van der Waals surface area contributed by atoms with Gasteiger partial charge in [0.05, 0.1) is 30.4 Å². The van der Waals surface area contributed by atoms with Gasteiger partial charge in [0.1, 0.15) is 0 Å². The van der Waals surface area contributed by atoms with Gasteiger partial charge in [0.25, 0.3) is 0 Å². The Bertz CT molecular complexity index is 468. The Morgan fingerprint density at radius 2 is 2.21 bits per heavy atom. The Labute approximate surface area is 115 Å². The SMILES string of the molecule is COCCNCc1cnn(CCS(=O)(=O)C(C)C)c1. The van der Waals surface area contributed by atoms with Crippen LogP contribution in [-0.2, 0) is 27.7 Å². The van der Waals surface area contributed by atoms with E-state index in [1.165, 1.54) is 0 Å². The van der Waals surface area contributed by atoms with Crippen molar-refractivity contribution in [2.75, 3.05) is 26.0 Å². The van der Waals surface area contributed by atoms with Gasteiger partial charge in [0.2, 0.25) is 0 Å². The molecule has 0 bridgehead atoms. The summed E-state index contributed by atoms with van der Waals surface area (Å²) in [6.45, 7) is 5.95. The van der Waals surface area contributed by atoms with Crippen LogP contribution in [0.15, 0.2) is 12.4 Å². The van der Waals surface area contributed by atoms with Gasteiger partial charge in [0, 0.05) is 32.0 Å². The van der Waals surface area contributed by atoms with E-state index in [1.807, 2.05) is 6.20 Å². The number of rotatable bonds is 9. The van der Waals surface area contributed by atoms with Crippen LogP contribution in [0, 0.1) is 0 Å². The molecule has 1 rings (SSSR count). The molecular formula is C12H23N3O3S. The van der Waals surface area contributed by atoms with Gasteiger partial charge in [-0.25, -0.2) is 8.42 Å². The molecule has 0 fully saturated rings. The topological polar surface area (TPSA) is 73.2 Å². The lowest BCUT2D eigenvalue weighted by atomic mass is 10.3. The van der Waals surface area contributed by atoms with Crippen molar-refractivity contribution in [2.45, 2.75) is 32.2 Å². The molecular weight excluding hydrogens is 266 g/mol. The normalized spacial score (nSPS) is 12.2. The van der Waals surface area contributed by atoms with Crippen molar-refractivity contribution < 1.29 is 13.2 Å². The molecule has 0 aliphatic rings. The summed E-state index contributed by atoms with van der Waals surface area (Å²) in [5, 5.41) is 7.03. The number of methoxy groups -OCH3 is 1. The molecule has 6 nitrogen and oxygen atoms in total. The molecule has 110 valence electrons. The van der Waals surface area contributed by atoms with Crippen molar-refractivity contribution in [3.8, 4) is 0 Å². The van der Waals surface area contributed by atoms with Crippen molar-refractivity contribution in [1.29, 1.82) is 0 Å². The summed E-state index contributed by atoms with van der Waals surface area (Å²) in [7, 11) is -1.34. The van der Waals surface area contributed by atoms with E-state index in [0.717, 1.165) is 12.1 Å². The number of sulfone groups is 1. The number of aromatic nitrogens is 2. The Kier molecular flexibility index (Phi) is 6.47. The molecule has 19 heavy (non-hydrogen) atoms. The third-order valence-corrected chi connectivity index (χ3v) is 5.01. The first-order valence-electron chi connectivity index (χ1n) is 6.38. The Hall–Kier alpha value is -0.920. The third kappa shape index (κ3) is 5.71. The highest BCUT2D eigenvalue weighted by Crippen LogP contribution is 2.03. The fraction of sp³-hybridized carbons (Fsp3) is 0.750. The van der Waals surface area contributed by atoms with Gasteiger partial charge in [-0.3, -0.25) is 4.68 Å². The summed E-state index contributed by atoms with van der Waals surface area (Å²) in [5.41, 5.74) is 1.04. The minimum atomic E-state index is -3.00. The van der Waals surface area contributed by atoms with Crippen LogP contribution < -0.4 is 5.32 Å². The highest BCUT2D eigenvalue weighted by Gasteiger charge is 2.15. The van der Waals surface area contributed by atoms with Crippen LogP contribution in [-0.4, -0.2) is 49.5 Å². The Morgan fingerprint density at radius 3 is 2.84 bits per heavy atom. The minimum Gasteiger partial charge on any atom is -0.383 e. The van der Waals surface area contributed by atoms with E-state index in [1.54, 1.807) is 31.8 Å². The lowest BCUT2D eigenvalue weighted by Gasteiger charge is -2.07. The fourth-order valence-electron chi connectivity index (χ4n) is 1.48. The van der Waals surface area contributed by atoms with Gasteiger partial charge in [-0.2, -0.15) is 5.10 Å². The molecule has 1 aromatic rings. The maximum atomic E-state index is 11.7. The molecule has 0 spiro atoms. The van der Waals surface area contributed by atoms with Crippen LogP contribution in [0.2, 0.25) is 0 Å². The van der Waals surface area contributed by atoms with Crippen LogP contribution in [0.3, 0.4) is 0 Å². The molecule has 0 unspecified atom stereocenters. The van der Waals surface area contributed by atoms with E-state index in [0.29, 0.717) is 19.7 Å². The number of ether oxygens (including phenoxy) is 1. The molecule has 0 aliphatic carbocycles. The second-order valence-electron chi connectivity index (χ2n) is 4.70. The largest absolute Gasteiger partial charge is 0.383 e. The smallest absolute Gasteiger partial charge is 0.154 e. The Balaban J connectivity index is 2.39. The number of aryl methyl sites for hydroxylation is 1. The highest BCUT2D eigenvalue weighted by molar-refractivity contribution is 7.91. The second-order valence-corrected chi connectivity index (χ2v) is 7.37. The first-order chi connectivity index (χ1) is 8.95. The van der Waals surface area contributed by atoms with Crippen LogP contribution in [0.1, 0.15) is 19.4 Å². The first kappa shape index (κ1) is 16.1. The lowest BCUT2D eigenvalue weighted by molar-refractivity contribution is 0.199. The maximum Gasteiger partial charge on any atom is 0.154 e. The van der Waals surface area contributed by atoms with E-state index in [4.69, 9.17) is 4.74 Å². The zero-order valence-electron chi connectivity index (χ0n) is 11.8. The molecule has 0 aliphatic heterocycles. The fourth-order valence-corrected chi connectivity index (χ4v) is 2.40. The standard InChI is InChI=1S/C12H23N3O3S/c1-11(2)19(16,17)7-5-15-10-12(9-14-15)8-13-4-6-18-3/h9-11,13H,4-8H2,1-3H3. The van der Waals surface area contributed by atoms with Gasteiger partial charge in [-0.05, 0) is 13.8 Å². The van der Waals surface area contributed by atoms with E-state index in [2.05, 4.69) is 10.4 Å². The van der Waals surface area contributed by atoms with Gasteiger partial charge in [-0.15, -0.1) is 0 Å². The molecule has 0 saturated heterocycles. The van der Waals surface area contributed by atoms with E-state index in [9.17, 15) is 8.42 Å². The Morgan fingerprint density at radius 1 is 1.47 bits per heavy atom. The molecule has 1 aromatic heterocycles. The molecule has 1 N–H and O–H groups in total. The van der Waals surface area contributed by atoms with Crippen LogP contribution in [0.25, 0.3) is 0 Å². The zero-order chi connectivity index (χ0) is 14.3. The van der Waals surface area contributed by atoms with Gasteiger partial charge >= 0.3 is 0 Å². The summed E-state index contributed by atoms with van der Waals surface area (Å²) in [4.78, 5) is 0. The summed E-state index contributed by atoms with van der Waals surface area (Å²) < 4.78 is 30.0. The number of nitrogens with zero attached hydrogens (tertiary/aromatic N) is 2. The van der Waals surface area contributed by atoms with Crippen molar-refractivity contribution in [3.63, 3.8) is 0 Å². The molecule has 7 heteroatoms.